The Balaban J connectivity index is 2.02. The summed E-state index contributed by atoms with van der Waals surface area (Å²) in [6.45, 7) is 2.60. The fourth-order valence-electron chi connectivity index (χ4n) is 2.81. The van der Waals surface area contributed by atoms with Crippen LogP contribution in [0.3, 0.4) is 0 Å². The normalized spacial score (nSPS) is 28.9. The summed E-state index contributed by atoms with van der Waals surface area (Å²) >= 11 is 0. The molecule has 2 bridgehead atoms. The lowest BCUT2D eigenvalue weighted by Crippen LogP contribution is -2.53. The van der Waals surface area contributed by atoms with E-state index in [0.29, 0.717) is 25.8 Å². The molecule has 1 N–H and O–H groups in total. The first kappa shape index (κ1) is 13.5. The van der Waals surface area contributed by atoms with Gasteiger partial charge < -0.3 is 9.84 Å². The number of amides is 2. The lowest BCUT2D eigenvalue weighted by Gasteiger charge is -2.32. The van der Waals surface area contributed by atoms with E-state index in [9.17, 15) is 9.59 Å². The number of aliphatic hydroxyl groups is 1. The van der Waals surface area contributed by atoms with Crippen molar-refractivity contribution in [1.29, 1.82) is 0 Å². The third-order valence-electron chi connectivity index (χ3n) is 3.78. The van der Waals surface area contributed by atoms with E-state index in [4.69, 9.17) is 9.84 Å². The van der Waals surface area contributed by atoms with Crippen molar-refractivity contribution in [3.8, 4) is 0 Å². The van der Waals surface area contributed by atoms with Gasteiger partial charge in [0, 0.05) is 13.2 Å². The highest BCUT2D eigenvalue weighted by Crippen LogP contribution is 2.29. The van der Waals surface area contributed by atoms with Crippen molar-refractivity contribution in [2.75, 3.05) is 13.2 Å². The van der Waals surface area contributed by atoms with E-state index in [1.165, 1.54) is 4.90 Å². The molecule has 3 unspecified atom stereocenters. The van der Waals surface area contributed by atoms with E-state index in [-0.39, 0.29) is 24.3 Å². The van der Waals surface area contributed by atoms with E-state index in [0.717, 1.165) is 12.8 Å². The number of imide groups is 1. The van der Waals surface area contributed by atoms with Crippen LogP contribution in [-0.4, -0.2) is 47.2 Å². The monoisotopic (exact) mass is 255 g/mol. The molecule has 2 saturated heterocycles. The third kappa shape index (κ3) is 2.57. The molecular formula is C13H21NO4. The number of nitrogens with zero attached hydrogens (tertiary/aromatic N) is 1. The second-order valence-corrected chi connectivity index (χ2v) is 5.14. The molecule has 18 heavy (non-hydrogen) atoms. The van der Waals surface area contributed by atoms with Crippen LogP contribution < -0.4 is 0 Å². The Morgan fingerprint density at radius 3 is 2.39 bits per heavy atom. The zero-order valence-electron chi connectivity index (χ0n) is 10.8. The fourth-order valence-corrected chi connectivity index (χ4v) is 2.81. The molecule has 0 aliphatic carbocycles. The van der Waals surface area contributed by atoms with Gasteiger partial charge in [0.15, 0.2) is 0 Å². The highest BCUT2D eigenvalue weighted by atomic mass is 16.5. The average molecular weight is 255 g/mol. The van der Waals surface area contributed by atoms with Crippen LogP contribution in [0.2, 0.25) is 0 Å². The molecule has 2 amide bonds. The second kappa shape index (κ2) is 5.80. The molecule has 102 valence electrons. The van der Waals surface area contributed by atoms with Crippen LogP contribution >= 0.6 is 0 Å². The predicted molar refractivity (Wildman–Crippen MR) is 64.7 cm³/mol. The van der Waals surface area contributed by atoms with Gasteiger partial charge in [-0.1, -0.05) is 13.3 Å². The molecule has 5 heteroatoms. The van der Waals surface area contributed by atoms with Gasteiger partial charge in [-0.3, -0.25) is 14.5 Å². The molecule has 0 aromatic carbocycles. The van der Waals surface area contributed by atoms with Crippen LogP contribution in [0, 0.1) is 5.92 Å². The number of ether oxygens (including phenoxy) is 1. The summed E-state index contributed by atoms with van der Waals surface area (Å²) in [6.07, 6.45) is 3.04. The standard InChI is InChI=1S/C13H21NO4/c1-2-3-9(6-7-15)8-14-12(16)10-4-5-11(18-10)13(14)17/h9-11,15H,2-8H2,1H3. The minimum atomic E-state index is -0.413. The quantitative estimate of drug-likeness (QED) is 0.710. The van der Waals surface area contributed by atoms with Gasteiger partial charge in [-0.15, -0.1) is 0 Å². The van der Waals surface area contributed by atoms with Crippen LogP contribution in [0.1, 0.15) is 39.0 Å². The van der Waals surface area contributed by atoms with Gasteiger partial charge in [0.05, 0.1) is 0 Å². The molecular weight excluding hydrogens is 234 g/mol. The molecule has 0 spiro atoms. The van der Waals surface area contributed by atoms with Crippen LogP contribution in [-0.2, 0) is 14.3 Å². The summed E-state index contributed by atoms with van der Waals surface area (Å²) in [7, 11) is 0. The van der Waals surface area contributed by atoms with Gasteiger partial charge in [0.25, 0.3) is 11.8 Å². The van der Waals surface area contributed by atoms with Gasteiger partial charge in [-0.25, -0.2) is 0 Å². The molecule has 0 radical (unpaired) electrons. The Kier molecular flexibility index (Phi) is 4.35. The number of rotatable bonds is 6. The van der Waals surface area contributed by atoms with E-state index in [2.05, 4.69) is 6.92 Å². The van der Waals surface area contributed by atoms with Crippen molar-refractivity contribution in [3.63, 3.8) is 0 Å². The largest absolute Gasteiger partial charge is 0.396 e. The first-order valence-electron chi connectivity index (χ1n) is 6.79. The van der Waals surface area contributed by atoms with Crippen LogP contribution in [0.5, 0.6) is 0 Å². The van der Waals surface area contributed by atoms with E-state index < -0.39 is 12.2 Å². The SMILES string of the molecule is CCCC(CCO)CN1C(=O)C2CCC(O2)C1=O. The summed E-state index contributed by atoms with van der Waals surface area (Å²) in [4.78, 5) is 25.5. The minimum absolute atomic E-state index is 0.101. The highest BCUT2D eigenvalue weighted by molar-refractivity contribution is 6.02. The lowest BCUT2D eigenvalue weighted by atomic mass is 9.99. The predicted octanol–water partition coefficient (Wildman–Crippen LogP) is 0.701. The summed E-state index contributed by atoms with van der Waals surface area (Å²) in [5.41, 5.74) is 0. The molecule has 2 fully saturated rings. The van der Waals surface area contributed by atoms with E-state index in [1.54, 1.807) is 0 Å². The number of hydrogen-bond acceptors (Lipinski definition) is 4. The maximum Gasteiger partial charge on any atom is 0.258 e. The zero-order valence-corrected chi connectivity index (χ0v) is 10.8. The Hall–Kier alpha value is -0.940. The first-order chi connectivity index (χ1) is 8.67. The van der Waals surface area contributed by atoms with E-state index >= 15 is 0 Å². The summed E-state index contributed by atoms with van der Waals surface area (Å²) < 4.78 is 5.36. The van der Waals surface area contributed by atoms with Gasteiger partial charge in [0.1, 0.15) is 12.2 Å². The first-order valence-corrected chi connectivity index (χ1v) is 6.79. The Morgan fingerprint density at radius 1 is 1.28 bits per heavy atom. The lowest BCUT2D eigenvalue weighted by molar-refractivity contribution is -0.169. The number of morpholine rings is 1. The van der Waals surface area contributed by atoms with Crippen molar-refractivity contribution in [2.24, 2.45) is 5.92 Å². The number of hydrogen-bond donors (Lipinski definition) is 1. The average Bonchev–Trinajstić information content (AvgIpc) is 2.80. The van der Waals surface area contributed by atoms with Crippen molar-refractivity contribution < 1.29 is 19.4 Å². The maximum absolute atomic E-state index is 12.1. The van der Waals surface area contributed by atoms with Crippen molar-refractivity contribution in [2.45, 2.75) is 51.2 Å². The van der Waals surface area contributed by atoms with Crippen molar-refractivity contribution in [1.82, 2.24) is 4.90 Å². The van der Waals surface area contributed by atoms with Crippen molar-refractivity contribution >= 4 is 11.8 Å². The molecule has 2 aliphatic heterocycles. The summed E-state index contributed by atoms with van der Waals surface area (Å²) in [6, 6.07) is 0. The smallest absolute Gasteiger partial charge is 0.258 e. The van der Waals surface area contributed by atoms with Crippen LogP contribution in [0.15, 0.2) is 0 Å². The minimum Gasteiger partial charge on any atom is -0.396 e. The molecule has 3 atom stereocenters. The third-order valence-corrected chi connectivity index (χ3v) is 3.78. The molecule has 2 rings (SSSR count). The summed E-state index contributed by atoms with van der Waals surface area (Å²) in [5.74, 6) is -0.175. The fraction of sp³-hybridized carbons (Fsp3) is 0.846. The molecule has 2 aliphatic rings. The molecule has 0 aromatic rings. The number of carbonyl (C=O) groups excluding carboxylic acids is 2. The molecule has 2 heterocycles. The van der Waals surface area contributed by atoms with Gasteiger partial charge >= 0.3 is 0 Å². The Morgan fingerprint density at radius 2 is 1.89 bits per heavy atom. The summed E-state index contributed by atoms with van der Waals surface area (Å²) in [5, 5.41) is 9.03. The zero-order chi connectivity index (χ0) is 13.1. The van der Waals surface area contributed by atoms with Gasteiger partial charge in [-0.05, 0) is 31.6 Å². The molecule has 0 saturated carbocycles. The van der Waals surface area contributed by atoms with Crippen LogP contribution in [0.4, 0.5) is 0 Å². The van der Waals surface area contributed by atoms with Gasteiger partial charge in [-0.2, -0.15) is 0 Å². The molecule has 5 nitrogen and oxygen atoms in total. The maximum atomic E-state index is 12.1. The highest BCUT2D eigenvalue weighted by Gasteiger charge is 2.46. The number of likely N-dealkylation sites (tertiary alicyclic amines) is 1. The number of carbonyl (C=O) groups is 2. The number of aliphatic hydroxyl groups excluding tert-OH is 1. The Labute approximate surface area is 107 Å². The Bertz CT molecular complexity index is 303. The van der Waals surface area contributed by atoms with Gasteiger partial charge in [0.2, 0.25) is 0 Å². The number of fused-ring (bicyclic) bond motifs is 2. The molecule has 0 aromatic heterocycles. The topological polar surface area (TPSA) is 66.8 Å². The second-order valence-electron chi connectivity index (χ2n) is 5.14. The van der Waals surface area contributed by atoms with Crippen molar-refractivity contribution in [3.05, 3.63) is 0 Å². The van der Waals surface area contributed by atoms with E-state index in [1.807, 2.05) is 0 Å². The van der Waals surface area contributed by atoms with Crippen LogP contribution in [0.25, 0.3) is 0 Å².